The van der Waals surface area contributed by atoms with Gasteiger partial charge in [0.2, 0.25) is 10.0 Å². The molecule has 0 fully saturated rings. The van der Waals surface area contributed by atoms with Crippen LogP contribution in [0.2, 0.25) is 0 Å². The standard InChI is InChI=1S/C13H14N4O6S/c1-16-6-5-10(15-16)8-14-24(21,22)12-4-3-9(13(18)23-2)7-11(12)17(19)20/h3-7,14H,8H2,1-2H3. The molecule has 2 rings (SSSR count). The van der Waals surface area contributed by atoms with Gasteiger partial charge in [-0.2, -0.15) is 5.10 Å². The molecule has 0 amide bonds. The van der Waals surface area contributed by atoms with E-state index in [2.05, 4.69) is 14.6 Å². The minimum atomic E-state index is -4.17. The number of esters is 1. The van der Waals surface area contributed by atoms with Crippen molar-refractivity contribution in [2.75, 3.05) is 7.11 Å². The summed E-state index contributed by atoms with van der Waals surface area (Å²) in [4.78, 5) is 21.2. The first-order chi connectivity index (χ1) is 11.2. The quantitative estimate of drug-likeness (QED) is 0.456. The Hall–Kier alpha value is -2.79. The van der Waals surface area contributed by atoms with Crippen molar-refractivity contribution in [3.05, 3.63) is 51.8 Å². The van der Waals surface area contributed by atoms with E-state index < -0.39 is 31.5 Å². The Morgan fingerprint density at radius 2 is 2.12 bits per heavy atom. The number of hydrogen-bond donors (Lipinski definition) is 1. The Labute approximate surface area is 137 Å². The SMILES string of the molecule is COC(=O)c1ccc(S(=O)(=O)NCc2ccn(C)n2)c([N+](=O)[O-])c1. The average molecular weight is 354 g/mol. The number of sulfonamides is 1. The third kappa shape index (κ3) is 3.75. The van der Waals surface area contributed by atoms with Crippen molar-refractivity contribution in [2.45, 2.75) is 11.4 Å². The van der Waals surface area contributed by atoms with E-state index in [1.807, 2.05) is 0 Å². The van der Waals surface area contributed by atoms with Crippen molar-refractivity contribution in [1.82, 2.24) is 14.5 Å². The second-order valence-electron chi connectivity index (χ2n) is 4.74. The number of nitro benzene ring substituents is 1. The van der Waals surface area contributed by atoms with Gasteiger partial charge in [-0.3, -0.25) is 14.8 Å². The number of aromatic nitrogens is 2. The number of aryl methyl sites for hydroxylation is 1. The molecule has 11 heteroatoms. The number of nitrogens with zero attached hydrogens (tertiary/aromatic N) is 3. The summed E-state index contributed by atoms with van der Waals surface area (Å²) in [7, 11) is -1.37. The molecule has 1 aromatic heterocycles. The Bertz CT molecular complexity index is 890. The summed E-state index contributed by atoms with van der Waals surface area (Å²) in [5, 5.41) is 15.2. The van der Waals surface area contributed by atoms with Crippen LogP contribution in [0.5, 0.6) is 0 Å². The van der Waals surface area contributed by atoms with Crippen LogP contribution in [0.25, 0.3) is 0 Å². The highest BCUT2D eigenvalue weighted by Crippen LogP contribution is 2.25. The molecule has 10 nitrogen and oxygen atoms in total. The van der Waals surface area contributed by atoms with E-state index in [1.165, 1.54) is 4.68 Å². The minimum absolute atomic E-state index is 0.118. The summed E-state index contributed by atoms with van der Waals surface area (Å²) in [5.41, 5.74) is -0.380. The average Bonchev–Trinajstić information content (AvgIpc) is 2.97. The molecule has 1 aromatic carbocycles. The summed E-state index contributed by atoms with van der Waals surface area (Å²) < 4.78 is 32.8. The van der Waals surface area contributed by atoms with E-state index in [9.17, 15) is 23.3 Å². The number of carbonyl (C=O) groups is 1. The number of ether oxygens (including phenoxy) is 1. The van der Waals surface area contributed by atoms with Crippen LogP contribution in [0, 0.1) is 10.1 Å². The fourth-order valence-electron chi connectivity index (χ4n) is 1.94. The second kappa shape index (κ2) is 6.76. The molecule has 2 aromatic rings. The number of nitro groups is 1. The van der Waals surface area contributed by atoms with Crippen LogP contribution in [0.15, 0.2) is 35.4 Å². The lowest BCUT2D eigenvalue weighted by atomic mass is 10.2. The lowest BCUT2D eigenvalue weighted by Crippen LogP contribution is -2.24. The molecule has 0 aliphatic rings. The number of carbonyl (C=O) groups excluding carboxylic acids is 1. The smallest absolute Gasteiger partial charge is 0.338 e. The van der Waals surface area contributed by atoms with Gasteiger partial charge >= 0.3 is 5.97 Å². The number of benzene rings is 1. The normalized spacial score (nSPS) is 11.2. The van der Waals surface area contributed by atoms with Crippen LogP contribution in [-0.2, 0) is 28.4 Å². The van der Waals surface area contributed by atoms with Gasteiger partial charge in [-0.05, 0) is 18.2 Å². The van der Waals surface area contributed by atoms with Crippen LogP contribution < -0.4 is 4.72 Å². The van der Waals surface area contributed by atoms with Crippen LogP contribution in [0.1, 0.15) is 16.1 Å². The zero-order chi connectivity index (χ0) is 17.9. The Kier molecular flexibility index (Phi) is 4.95. The maximum atomic E-state index is 12.3. The molecule has 0 bridgehead atoms. The maximum absolute atomic E-state index is 12.3. The lowest BCUT2D eigenvalue weighted by Gasteiger charge is -2.07. The largest absolute Gasteiger partial charge is 0.465 e. The van der Waals surface area contributed by atoms with Crippen molar-refractivity contribution >= 4 is 21.7 Å². The van der Waals surface area contributed by atoms with Gasteiger partial charge in [-0.25, -0.2) is 17.9 Å². The van der Waals surface area contributed by atoms with E-state index in [0.717, 1.165) is 25.3 Å². The van der Waals surface area contributed by atoms with E-state index in [0.29, 0.717) is 5.69 Å². The van der Waals surface area contributed by atoms with Gasteiger partial charge in [-0.15, -0.1) is 0 Å². The van der Waals surface area contributed by atoms with Gasteiger partial charge in [-0.1, -0.05) is 0 Å². The summed E-state index contributed by atoms with van der Waals surface area (Å²) in [5.74, 6) is -0.802. The molecule has 0 saturated heterocycles. The highest BCUT2D eigenvalue weighted by atomic mass is 32.2. The number of rotatable bonds is 6. The van der Waals surface area contributed by atoms with Crippen molar-refractivity contribution < 1.29 is 22.9 Å². The summed E-state index contributed by atoms with van der Waals surface area (Å²) in [6.45, 7) is -0.126. The van der Waals surface area contributed by atoms with Crippen molar-refractivity contribution in [1.29, 1.82) is 0 Å². The molecule has 128 valence electrons. The third-order valence-electron chi connectivity index (χ3n) is 3.08. The fourth-order valence-corrected chi connectivity index (χ4v) is 3.09. The Morgan fingerprint density at radius 3 is 2.67 bits per heavy atom. The predicted molar refractivity (Wildman–Crippen MR) is 81.7 cm³/mol. The molecular weight excluding hydrogens is 340 g/mol. The van der Waals surface area contributed by atoms with Crippen LogP contribution >= 0.6 is 0 Å². The van der Waals surface area contributed by atoms with Gasteiger partial charge < -0.3 is 4.74 Å². The van der Waals surface area contributed by atoms with Crippen molar-refractivity contribution in [3.63, 3.8) is 0 Å². The molecule has 0 spiro atoms. The van der Waals surface area contributed by atoms with Crippen LogP contribution in [0.3, 0.4) is 0 Å². The van der Waals surface area contributed by atoms with Gasteiger partial charge in [0, 0.05) is 19.3 Å². The minimum Gasteiger partial charge on any atom is -0.465 e. The number of nitrogens with one attached hydrogen (secondary N) is 1. The summed E-state index contributed by atoms with van der Waals surface area (Å²) >= 11 is 0. The first-order valence-electron chi connectivity index (χ1n) is 6.59. The highest BCUT2D eigenvalue weighted by Gasteiger charge is 2.27. The third-order valence-corrected chi connectivity index (χ3v) is 4.53. The predicted octanol–water partition coefficient (Wildman–Crippen LogP) is 0.593. The zero-order valence-electron chi connectivity index (χ0n) is 12.8. The van der Waals surface area contributed by atoms with E-state index >= 15 is 0 Å². The first-order valence-corrected chi connectivity index (χ1v) is 8.08. The molecule has 0 atom stereocenters. The highest BCUT2D eigenvalue weighted by molar-refractivity contribution is 7.89. The van der Waals surface area contributed by atoms with Crippen molar-refractivity contribution in [3.8, 4) is 0 Å². The molecule has 0 aliphatic carbocycles. The molecule has 0 unspecified atom stereocenters. The van der Waals surface area contributed by atoms with Gasteiger partial charge in [0.05, 0.1) is 29.8 Å². The van der Waals surface area contributed by atoms with Gasteiger partial charge in [0.25, 0.3) is 5.69 Å². The maximum Gasteiger partial charge on any atom is 0.338 e. The van der Waals surface area contributed by atoms with E-state index in [4.69, 9.17) is 0 Å². The summed E-state index contributed by atoms with van der Waals surface area (Å²) in [6.07, 6.45) is 1.64. The Morgan fingerprint density at radius 1 is 1.42 bits per heavy atom. The fraction of sp³-hybridized carbons (Fsp3) is 0.231. The Balaban J connectivity index is 2.34. The monoisotopic (exact) mass is 354 g/mol. The van der Waals surface area contributed by atoms with E-state index in [1.54, 1.807) is 19.3 Å². The number of methoxy groups -OCH3 is 1. The van der Waals surface area contributed by atoms with Crippen LogP contribution in [-0.4, -0.2) is 36.2 Å². The molecule has 1 heterocycles. The van der Waals surface area contributed by atoms with Gasteiger partial charge in [0.1, 0.15) is 0 Å². The number of hydrogen-bond acceptors (Lipinski definition) is 7. The molecule has 1 N–H and O–H groups in total. The van der Waals surface area contributed by atoms with E-state index in [-0.39, 0.29) is 12.1 Å². The van der Waals surface area contributed by atoms with Crippen molar-refractivity contribution in [2.24, 2.45) is 7.05 Å². The lowest BCUT2D eigenvalue weighted by molar-refractivity contribution is -0.387. The van der Waals surface area contributed by atoms with Crippen LogP contribution in [0.4, 0.5) is 5.69 Å². The zero-order valence-corrected chi connectivity index (χ0v) is 13.6. The second-order valence-corrected chi connectivity index (χ2v) is 6.47. The van der Waals surface area contributed by atoms with Gasteiger partial charge in [0.15, 0.2) is 4.90 Å². The molecule has 24 heavy (non-hydrogen) atoms. The molecule has 0 aliphatic heterocycles. The first kappa shape index (κ1) is 17.6. The topological polar surface area (TPSA) is 133 Å². The molecule has 0 saturated carbocycles. The summed E-state index contributed by atoms with van der Waals surface area (Å²) in [6, 6.07) is 4.61. The molecular formula is C13H14N4O6S. The molecule has 0 radical (unpaired) electrons.